The maximum atomic E-state index is 12.8. The third-order valence-electron chi connectivity index (χ3n) is 5.32. The van der Waals surface area contributed by atoms with E-state index in [1.165, 1.54) is 0 Å². The number of carbonyl (C=O) groups excluding carboxylic acids is 1. The van der Waals surface area contributed by atoms with Crippen molar-refractivity contribution in [2.75, 3.05) is 18.5 Å². The SMILES string of the molecule is CCCOc1ccc(NC(=O)COc2ccccc2)cc1-c1nc2c(oc3ccccc32)c(=O)[nH]1. The number of carbonyl (C=O) groups is 1. The number of anilines is 1. The third-order valence-corrected chi connectivity index (χ3v) is 5.32. The van der Waals surface area contributed by atoms with Crippen LogP contribution in [0, 0.1) is 0 Å². The number of fused-ring (bicyclic) bond motifs is 3. The molecule has 0 unspecified atom stereocenters. The van der Waals surface area contributed by atoms with Crippen LogP contribution in [-0.2, 0) is 4.79 Å². The van der Waals surface area contributed by atoms with Crippen LogP contribution in [0.1, 0.15) is 13.3 Å². The molecule has 8 nitrogen and oxygen atoms in total. The lowest BCUT2D eigenvalue weighted by molar-refractivity contribution is -0.118. The minimum Gasteiger partial charge on any atom is -0.493 e. The molecule has 176 valence electrons. The molecule has 0 fully saturated rings. The van der Waals surface area contributed by atoms with Crippen LogP contribution in [0.25, 0.3) is 33.5 Å². The summed E-state index contributed by atoms with van der Waals surface area (Å²) < 4.78 is 17.1. The predicted octanol–water partition coefficient (Wildman–Crippen LogP) is 5.14. The van der Waals surface area contributed by atoms with E-state index in [0.717, 1.165) is 11.8 Å². The van der Waals surface area contributed by atoms with Gasteiger partial charge in [0.15, 0.2) is 6.61 Å². The normalized spacial score (nSPS) is 11.0. The Bertz CT molecular complexity index is 1560. The van der Waals surface area contributed by atoms with E-state index in [1.54, 1.807) is 36.4 Å². The van der Waals surface area contributed by atoms with Crippen molar-refractivity contribution >= 4 is 33.7 Å². The highest BCUT2D eigenvalue weighted by Crippen LogP contribution is 2.33. The Balaban J connectivity index is 1.48. The van der Waals surface area contributed by atoms with Crippen molar-refractivity contribution in [2.45, 2.75) is 13.3 Å². The molecule has 0 aliphatic carbocycles. The molecule has 0 aliphatic heterocycles. The van der Waals surface area contributed by atoms with Crippen LogP contribution in [0.3, 0.4) is 0 Å². The molecule has 5 aromatic rings. The van der Waals surface area contributed by atoms with E-state index in [2.05, 4.69) is 10.3 Å². The van der Waals surface area contributed by atoms with Gasteiger partial charge in [-0.15, -0.1) is 0 Å². The van der Waals surface area contributed by atoms with Crippen molar-refractivity contribution in [3.8, 4) is 22.9 Å². The van der Waals surface area contributed by atoms with Gasteiger partial charge in [-0.05, 0) is 48.9 Å². The summed E-state index contributed by atoms with van der Waals surface area (Å²) in [6.07, 6.45) is 0.810. The summed E-state index contributed by atoms with van der Waals surface area (Å²) in [5, 5.41) is 3.57. The van der Waals surface area contributed by atoms with Gasteiger partial charge < -0.3 is 24.2 Å². The van der Waals surface area contributed by atoms with Gasteiger partial charge in [-0.3, -0.25) is 9.59 Å². The maximum Gasteiger partial charge on any atom is 0.294 e. The Morgan fingerprint density at radius 1 is 1.03 bits per heavy atom. The van der Waals surface area contributed by atoms with Crippen LogP contribution in [0.15, 0.2) is 82.0 Å². The molecule has 2 N–H and O–H groups in total. The molecule has 0 spiro atoms. The molecule has 8 heteroatoms. The largest absolute Gasteiger partial charge is 0.493 e. The monoisotopic (exact) mass is 469 g/mol. The summed E-state index contributed by atoms with van der Waals surface area (Å²) in [4.78, 5) is 32.8. The summed E-state index contributed by atoms with van der Waals surface area (Å²) in [5.74, 6) is 1.14. The fourth-order valence-corrected chi connectivity index (χ4v) is 3.72. The Morgan fingerprint density at radius 3 is 2.66 bits per heavy atom. The summed E-state index contributed by atoms with van der Waals surface area (Å²) in [5.41, 5.74) is 1.88. The molecule has 0 radical (unpaired) electrons. The molecule has 2 heterocycles. The zero-order valence-corrected chi connectivity index (χ0v) is 19.0. The first-order valence-electron chi connectivity index (χ1n) is 11.3. The van der Waals surface area contributed by atoms with Gasteiger partial charge >= 0.3 is 0 Å². The standard InChI is InChI=1S/C27H23N3O5/c1-2-14-33-21-13-12-17(28-23(31)16-34-18-8-4-3-5-9-18)15-20(21)26-29-24-19-10-6-7-11-22(19)35-25(24)27(32)30-26/h3-13,15H,2,14,16H2,1H3,(H,28,31)(H,29,30,32). The van der Waals surface area contributed by atoms with Crippen molar-refractivity contribution in [1.82, 2.24) is 9.97 Å². The van der Waals surface area contributed by atoms with Gasteiger partial charge in [0.2, 0.25) is 5.58 Å². The molecule has 0 aliphatic rings. The average Bonchev–Trinajstić information content (AvgIpc) is 3.27. The highest BCUT2D eigenvalue weighted by atomic mass is 16.5. The van der Waals surface area contributed by atoms with Crippen LogP contribution in [0.4, 0.5) is 5.69 Å². The zero-order valence-electron chi connectivity index (χ0n) is 19.0. The minimum atomic E-state index is -0.395. The number of aromatic nitrogens is 2. The van der Waals surface area contributed by atoms with Gasteiger partial charge in [0.25, 0.3) is 11.5 Å². The number of benzene rings is 3. The lowest BCUT2D eigenvalue weighted by Crippen LogP contribution is -2.20. The van der Waals surface area contributed by atoms with E-state index in [-0.39, 0.29) is 18.1 Å². The molecular formula is C27H23N3O5. The number of ether oxygens (including phenoxy) is 2. The van der Waals surface area contributed by atoms with Gasteiger partial charge in [0, 0.05) is 11.1 Å². The molecule has 35 heavy (non-hydrogen) atoms. The minimum absolute atomic E-state index is 0.143. The van der Waals surface area contributed by atoms with Crippen LogP contribution in [0.5, 0.6) is 11.5 Å². The van der Waals surface area contributed by atoms with Gasteiger partial charge in [-0.2, -0.15) is 0 Å². The molecule has 2 aromatic heterocycles. The second-order valence-corrected chi connectivity index (χ2v) is 7.90. The Morgan fingerprint density at radius 2 is 1.83 bits per heavy atom. The number of hydrogen-bond donors (Lipinski definition) is 2. The number of rotatable bonds is 8. The van der Waals surface area contributed by atoms with Crippen LogP contribution in [0.2, 0.25) is 0 Å². The van der Waals surface area contributed by atoms with Gasteiger partial charge in [-0.1, -0.05) is 37.3 Å². The number of hydrogen-bond acceptors (Lipinski definition) is 6. The van der Waals surface area contributed by atoms with E-state index in [9.17, 15) is 9.59 Å². The van der Waals surface area contributed by atoms with E-state index < -0.39 is 5.56 Å². The molecule has 1 amide bonds. The maximum absolute atomic E-state index is 12.8. The van der Waals surface area contributed by atoms with Gasteiger partial charge in [0.05, 0.1) is 12.2 Å². The van der Waals surface area contributed by atoms with Gasteiger partial charge in [-0.25, -0.2) is 4.98 Å². The first-order valence-corrected chi connectivity index (χ1v) is 11.3. The van der Waals surface area contributed by atoms with E-state index in [0.29, 0.717) is 46.3 Å². The third kappa shape index (κ3) is 4.72. The van der Waals surface area contributed by atoms with Crippen molar-refractivity contribution in [1.29, 1.82) is 0 Å². The fraction of sp³-hybridized carbons (Fsp3) is 0.148. The molecule has 0 bridgehead atoms. The quantitative estimate of drug-likeness (QED) is 0.326. The smallest absolute Gasteiger partial charge is 0.294 e. The number of amides is 1. The predicted molar refractivity (Wildman–Crippen MR) is 134 cm³/mol. The Hall–Kier alpha value is -4.59. The summed E-state index contributed by atoms with van der Waals surface area (Å²) >= 11 is 0. The Labute approximate surface area is 200 Å². The summed E-state index contributed by atoms with van der Waals surface area (Å²) in [6.45, 7) is 2.35. The van der Waals surface area contributed by atoms with Crippen molar-refractivity contribution in [3.05, 3.63) is 83.2 Å². The van der Waals surface area contributed by atoms with Crippen molar-refractivity contribution in [3.63, 3.8) is 0 Å². The van der Waals surface area contributed by atoms with Crippen molar-refractivity contribution < 1.29 is 18.7 Å². The number of aromatic amines is 1. The fourth-order valence-electron chi connectivity index (χ4n) is 3.72. The highest BCUT2D eigenvalue weighted by molar-refractivity contribution is 6.02. The lowest BCUT2D eigenvalue weighted by Gasteiger charge is -2.13. The van der Waals surface area contributed by atoms with Crippen molar-refractivity contribution in [2.24, 2.45) is 0 Å². The molecule has 0 saturated carbocycles. The van der Waals surface area contributed by atoms with E-state index >= 15 is 0 Å². The summed E-state index contributed by atoms with van der Waals surface area (Å²) in [7, 11) is 0. The number of para-hydroxylation sites is 2. The van der Waals surface area contributed by atoms with E-state index in [1.807, 2.05) is 43.3 Å². The molecule has 0 saturated heterocycles. The molecule has 5 rings (SSSR count). The average molecular weight is 469 g/mol. The molecule has 3 aromatic carbocycles. The Kier molecular flexibility index (Phi) is 6.17. The highest BCUT2D eigenvalue weighted by Gasteiger charge is 2.17. The second-order valence-electron chi connectivity index (χ2n) is 7.90. The number of H-pyrrole nitrogens is 1. The van der Waals surface area contributed by atoms with Crippen LogP contribution < -0.4 is 20.3 Å². The first kappa shape index (κ1) is 22.2. The zero-order chi connectivity index (χ0) is 24.2. The second kappa shape index (κ2) is 9.72. The number of nitrogens with zero attached hydrogens (tertiary/aromatic N) is 1. The van der Waals surface area contributed by atoms with Crippen LogP contribution >= 0.6 is 0 Å². The number of furan rings is 1. The first-order chi connectivity index (χ1) is 17.1. The summed E-state index contributed by atoms with van der Waals surface area (Å²) in [6, 6.07) is 21.7. The topological polar surface area (TPSA) is 106 Å². The lowest BCUT2D eigenvalue weighted by atomic mass is 10.1. The number of nitrogens with one attached hydrogen (secondary N) is 2. The molecular weight excluding hydrogens is 446 g/mol. The van der Waals surface area contributed by atoms with Crippen LogP contribution in [-0.4, -0.2) is 29.1 Å². The van der Waals surface area contributed by atoms with Gasteiger partial charge in [0.1, 0.15) is 28.4 Å². The van der Waals surface area contributed by atoms with E-state index in [4.69, 9.17) is 18.9 Å². The molecule has 0 atom stereocenters.